The second-order valence-corrected chi connectivity index (χ2v) is 28.8. The highest BCUT2D eigenvalue weighted by atomic mass is 16.3. The fraction of sp³-hybridized carbons (Fsp3) is 0.951. The summed E-state index contributed by atoms with van der Waals surface area (Å²) in [7, 11) is 0. The van der Waals surface area contributed by atoms with Gasteiger partial charge in [0.25, 0.3) is 0 Å². The second kappa shape index (κ2) is 77.4. The predicted molar refractivity (Wildman–Crippen MR) is 411 cm³/mol. The molecule has 0 aromatic heterocycles. The van der Waals surface area contributed by atoms with Crippen molar-refractivity contribution in [1.82, 2.24) is 46.6 Å². The van der Waals surface area contributed by atoms with E-state index in [0.717, 1.165) is 90.6 Å². The molecule has 7 N–H and O–H groups in total. The average Bonchev–Trinajstić information content (AvgIpc) is 2.36. The standard InChI is InChI=1S/C81H165N9O5/c1-6-11-16-21-26-31-36-41-46-51-61-83-77(91)56-66-82-67-72-89(70-59-80(94)86-64-54-49-44-39-34-29-24-19-14-9-4)74-76-90(71-60-81(95)87-65-55-50-45-40-35-30-25-20-15-10-5)75-73-88(68-57-78(92)84-62-52-47-42-37-32-27-22-17-12-7-2)69-58-79(93)85-63-53-48-43-38-33-28-23-18-13-8-3/h78,82,84,92H,6-76H2,1-5H3,(H,83,91)(H,85,93)(H,86,94)(H,87,95)/t78-/m0/s1. The SMILES string of the molecule is CCCCCCCCCCCCNC(=O)CCNCCN(CCC(=O)NCCCCCCCCCCCC)CCN(CCC(=O)NCCCCCCCCCCCC)CCN(CCC(=O)NCCCCCCCCCCCC)CC[C@H](O)NCCCCCCCCCCCC. The van der Waals surface area contributed by atoms with E-state index in [4.69, 9.17) is 0 Å². The lowest BCUT2D eigenvalue weighted by Gasteiger charge is -2.30. The van der Waals surface area contributed by atoms with Crippen molar-refractivity contribution in [2.24, 2.45) is 0 Å². The summed E-state index contributed by atoms with van der Waals surface area (Å²) < 4.78 is 0. The molecule has 0 rings (SSSR count). The third-order valence-corrected chi connectivity index (χ3v) is 19.6. The van der Waals surface area contributed by atoms with Crippen LogP contribution < -0.4 is 31.9 Å². The van der Waals surface area contributed by atoms with Crippen LogP contribution in [0.4, 0.5) is 0 Å². The molecule has 0 aromatic carbocycles. The maximum absolute atomic E-state index is 13.6. The molecule has 0 aromatic rings. The van der Waals surface area contributed by atoms with E-state index >= 15 is 0 Å². The zero-order valence-corrected chi connectivity index (χ0v) is 64.2. The van der Waals surface area contributed by atoms with E-state index in [1.165, 1.54) is 270 Å². The first-order valence-corrected chi connectivity index (χ1v) is 42.0. The molecule has 95 heavy (non-hydrogen) atoms. The lowest BCUT2D eigenvalue weighted by molar-refractivity contribution is -0.122. The number of unbranched alkanes of at least 4 members (excludes halogenated alkanes) is 45. The molecule has 0 bridgehead atoms. The van der Waals surface area contributed by atoms with Gasteiger partial charge in [-0.1, -0.05) is 324 Å². The van der Waals surface area contributed by atoms with Crippen molar-refractivity contribution in [2.75, 3.05) is 105 Å². The number of amides is 4. The highest BCUT2D eigenvalue weighted by Gasteiger charge is 2.18. The number of aliphatic hydroxyl groups is 1. The van der Waals surface area contributed by atoms with Crippen LogP contribution in [0.25, 0.3) is 0 Å². The molecule has 0 saturated carbocycles. The van der Waals surface area contributed by atoms with Crippen LogP contribution in [0.2, 0.25) is 0 Å². The van der Waals surface area contributed by atoms with Crippen molar-refractivity contribution in [2.45, 2.75) is 394 Å². The predicted octanol–water partition coefficient (Wildman–Crippen LogP) is 18.4. The molecular formula is C81H165N9O5. The summed E-state index contributed by atoms with van der Waals surface area (Å²) in [5, 5.41) is 31.0. The summed E-state index contributed by atoms with van der Waals surface area (Å²) in [5.74, 6) is 0.369. The Morgan fingerprint density at radius 1 is 0.242 bits per heavy atom. The molecule has 0 aliphatic carbocycles. The van der Waals surface area contributed by atoms with Gasteiger partial charge < -0.3 is 46.4 Å². The quantitative estimate of drug-likeness (QED) is 0.0230. The monoisotopic (exact) mass is 1340 g/mol. The maximum Gasteiger partial charge on any atom is 0.221 e. The smallest absolute Gasteiger partial charge is 0.221 e. The summed E-state index contributed by atoms with van der Waals surface area (Å²) in [6.45, 7) is 22.5. The molecule has 0 aliphatic heterocycles. The Labute approximate surface area is 590 Å². The van der Waals surface area contributed by atoms with Crippen molar-refractivity contribution < 1.29 is 24.3 Å². The maximum atomic E-state index is 13.6. The number of carbonyl (C=O) groups is 4. The van der Waals surface area contributed by atoms with E-state index in [1.807, 2.05) is 0 Å². The molecular weight excluding hydrogens is 1180 g/mol. The van der Waals surface area contributed by atoms with Gasteiger partial charge in [0.15, 0.2) is 0 Å². The average molecular weight is 1350 g/mol. The van der Waals surface area contributed by atoms with Gasteiger partial charge in [0.2, 0.25) is 23.6 Å². The van der Waals surface area contributed by atoms with Gasteiger partial charge in [-0.2, -0.15) is 0 Å². The van der Waals surface area contributed by atoms with E-state index in [0.29, 0.717) is 97.6 Å². The third kappa shape index (κ3) is 72.7. The molecule has 4 amide bonds. The fourth-order valence-electron chi connectivity index (χ4n) is 12.9. The van der Waals surface area contributed by atoms with Crippen molar-refractivity contribution in [3.05, 3.63) is 0 Å². The topological polar surface area (TPSA) is 170 Å². The van der Waals surface area contributed by atoms with E-state index in [2.05, 4.69) is 81.2 Å². The molecule has 0 aliphatic rings. The van der Waals surface area contributed by atoms with Gasteiger partial charge >= 0.3 is 0 Å². The molecule has 1 atom stereocenters. The number of nitrogens with zero attached hydrogens (tertiary/aromatic N) is 3. The molecule has 0 unspecified atom stereocenters. The first-order chi connectivity index (χ1) is 46.7. The minimum absolute atomic E-state index is 0.0863. The second-order valence-electron chi connectivity index (χ2n) is 28.8. The number of nitrogens with one attached hydrogen (secondary N) is 6. The zero-order valence-electron chi connectivity index (χ0n) is 64.2. The van der Waals surface area contributed by atoms with Crippen molar-refractivity contribution in [3.8, 4) is 0 Å². The van der Waals surface area contributed by atoms with Gasteiger partial charge in [0.1, 0.15) is 6.23 Å². The highest BCUT2D eigenvalue weighted by molar-refractivity contribution is 5.77. The third-order valence-electron chi connectivity index (χ3n) is 19.6. The van der Waals surface area contributed by atoms with Crippen molar-refractivity contribution in [1.29, 1.82) is 0 Å². The number of rotatable bonds is 80. The minimum Gasteiger partial charge on any atom is -0.379 e. The van der Waals surface area contributed by atoms with E-state index in [9.17, 15) is 24.3 Å². The summed E-state index contributed by atoms with van der Waals surface area (Å²) in [6.07, 6.45) is 65.2. The van der Waals surface area contributed by atoms with Gasteiger partial charge in [-0.3, -0.25) is 24.5 Å². The Kier molecular flexibility index (Phi) is 75.5. The number of hydrogen-bond donors (Lipinski definition) is 7. The largest absolute Gasteiger partial charge is 0.379 e. The Balaban J connectivity index is 6.02. The molecule has 14 nitrogen and oxygen atoms in total. The van der Waals surface area contributed by atoms with E-state index in [1.54, 1.807) is 0 Å². The molecule has 0 spiro atoms. The molecule has 14 heteroatoms. The molecule has 0 fully saturated rings. The van der Waals surface area contributed by atoms with Gasteiger partial charge in [-0.05, 0) is 45.1 Å². The summed E-state index contributed by atoms with van der Waals surface area (Å²) in [5.41, 5.74) is 0. The Morgan fingerprint density at radius 2 is 0.463 bits per heavy atom. The zero-order chi connectivity index (χ0) is 69.1. The normalized spacial score (nSPS) is 12.0. The van der Waals surface area contributed by atoms with Crippen LogP contribution in [0.15, 0.2) is 0 Å². The van der Waals surface area contributed by atoms with Crippen LogP contribution in [0.1, 0.15) is 388 Å². The van der Waals surface area contributed by atoms with Crippen molar-refractivity contribution >= 4 is 23.6 Å². The summed E-state index contributed by atoms with van der Waals surface area (Å²) >= 11 is 0. The lowest BCUT2D eigenvalue weighted by atomic mass is 10.1. The van der Waals surface area contributed by atoms with Gasteiger partial charge in [-0.15, -0.1) is 0 Å². The minimum atomic E-state index is -0.616. The first-order valence-electron chi connectivity index (χ1n) is 42.0. The molecule has 0 radical (unpaired) electrons. The lowest BCUT2D eigenvalue weighted by Crippen LogP contribution is -2.44. The molecule has 0 heterocycles. The highest BCUT2D eigenvalue weighted by Crippen LogP contribution is 2.16. The van der Waals surface area contributed by atoms with Crippen LogP contribution in [0, 0.1) is 0 Å². The van der Waals surface area contributed by atoms with Crippen LogP contribution in [-0.2, 0) is 19.2 Å². The Morgan fingerprint density at radius 3 is 0.737 bits per heavy atom. The number of aliphatic hydroxyl groups excluding tert-OH is 1. The van der Waals surface area contributed by atoms with E-state index in [-0.39, 0.29) is 23.6 Å². The Bertz CT molecular complexity index is 1600. The number of hydrogen-bond acceptors (Lipinski definition) is 10. The van der Waals surface area contributed by atoms with Gasteiger partial charge in [-0.25, -0.2) is 0 Å². The summed E-state index contributed by atoms with van der Waals surface area (Å²) in [4.78, 5) is 60.4. The Hall–Kier alpha value is -2.36. The van der Waals surface area contributed by atoms with E-state index < -0.39 is 6.23 Å². The van der Waals surface area contributed by atoms with Crippen LogP contribution >= 0.6 is 0 Å². The molecule has 564 valence electrons. The molecule has 0 saturated heterocycles. The van der Waals surface area contributed by atoms with Crippen LogP contribution in [-0.4, -0.2) is 154 Å². The number of carbonyl (C=O) groups excluding carboxylic acids is 4. The first kappa shape index (κ1) is 92.6. The summed E-state index contributed by atoms with van der Waals surface area (Å²) in [6, 6.07) is 0. The van der Waals surface area contributed by atoms with Crippen molar-refractivity contribution in [3.63, 3.8) is 0 Å². The van der Waals surface area contributed by atoms with Gasteiger partial charge in [0.05, 0.1) is 0 Å². The van der Waals surface area contributed by atoms with Crippen LogP contribution in [0.5, 0.6) is 0 Å². The fourth-order valence-corrected chi connectivity index (χ4v) is 12.9. The van der Waals surface area contributed by atoms with Gasteiger partial charge in [0, 0.05) is 124 Å². The van der Waals surface area contributed by atoms with Crippen LogP contribution in [0.3, 0.4) is 0 Å².